The SMILES string of the molecule is CCCN(CC)CCNC(=O)CC(C)c1nnc(C)o1. The van der Waals surface area contributed by atoms with Gasteiger partial charge in [0.05, 0.1) is 0 Å². The number of carbonyl (C=O) groups excluding carboxylic acids is 1. The lowest BCUT2D eigenvalue weighted by Gasteiger charge is -2.19. The average Bonchev–Trinajstić information content (AvgIpc) is 2.84. The van der Waals surface area contributed by atoms with Crippen LogP contribution in [0.2, 0.25) is 0 Å². The van der Waals surface area contributed by atoms with E-state index in [1.165, 1.54) is 0 Å². The fraction of sp³-hybridized carbons (Fsp3) is 0.786. The van der Waals surface area contributed by atoms with Crippen molar-refractivity contribution in [3.05, 3.63) is 11.8 Å². The van der Waals surface area contributed by atoms with Crippen molar-refractivity contribution in [2.45, 2.75) is 46.5 Å². The zero-order chi connectivity index (χ0) is 15.0. The topological polar surface area (TPSA) is 71.3 Å². The maximum absolute atomic E-state index is 11.8. The molecule has 0 aliphatic carbocycles. The molecular formula is C14H26N4O2. The minimum Gasteiger partial charge on any atom is -0.425 e. The molecule has 0 saturated heterocycles. The fourth-order valence-electron chi connectivity index (χ4n) is 2.05. The van der Waals surface area contributed by atoms with Gasteiger partial charge in [0.25, 0.3) is 0 Å². The van der Waals surface area contributed by atoms with Crippen LogP contribution in [0.25, 0.3) is 0 Å². The first kappa shape index (κ1) is 16.6. The van der Waals surface area contributed by atoms with E-state index < -0.39 is 0 Å². The Morgan fingerprint density at radius 1 is 1.35 bits per heavy atom. The van der Waals surface area contributed by atoms with Gasteiger partial charge in [0.2, 0.25) is 17.7 Å². The highest BCUT2D eigenvalue weighted by molar-refractivity contribution is 5.76. The quantitative estimate of drug-likeness (QED) is 0.746. The van der Waals surface area contributed by atoms with Crippen molar-refractivity contribution >= 4 is 5.91 Å². The summed E-state index contributed by atoms with van der Waals surface area (Å²) in [5.41, 5.74) is 0. The maximum atomic E-state index is 11.8. The van der Waals surface area contributed by atoms with E-state index in [0.29, 0.717) is 24.7 Å². The lowest BCUT2D eigenvalue weighted by atomic mass is 10.1. The summed E-state index contributed by atoms with van der Waals surface area (Å²) in [5.74, 6) is 1.04. The first-order valence-corrected chi connectivity index (χ1v) is 7.35. The van der Waals surface area contributed by atoms with Crippen LogP contribution in [0.5, 0.6) is 0 Å². The summed E-state index contributed by atoms with van der Waals surface area (Å²) in [6.07, 6.45) is 1.51. The maximum Gasteiger partial charge on any atom is 0.220 e. The van der Waals surface area contributed by atoms with Crippen LogP contribution in [0.4, 0.5) is 0 Å². The van der Waals surface area contributed by atoms with Crippen LogP contribution in [-0.2, 0) is 4.79 Å². The second kappa shape index (κ2) is 8.68. The molecule has 1 aromatic heterocycles. The normalized spacial score (nSPS) is 12.7. The molecule has 1 amide bonds. The lowest BCUT2D eigenvalue weighted by molar-refractivity contribution is -0.121. The molecule has 0 aliphatic heterocycles. The van der Waals surface area contributed by atoms with Crippen molar-refractivity contribution < 1.29 is 9.21 Å². The lowest BCUT2D eigenvalue weighted by Crippen LogP contribution is -2.35. The third kappa shape index (κ3) is 5.69. The standard InChI is InChI=1S/C14H26N4O2/c1-5-8-18(6-2)9-7-15-13(19)10-11(3)14-17-16-12(4)20-14/h11H,5-10H2,1-4H3,(H,15,19). The predicted octanol–water partition coefficient (Wildman–Crippen LogP) is 1.72. The van der Waals surface area contributed by atoms with Gasteiger partial charge in [0.1, 0.15) is 0 Å². The molecule has 114 valence electrons. The number of hydrogen-bond donors (Lipinski definition) is 1. The average molecular weight is 282 g/mol. The van der Waals surface area contributed by atoms with Crippen molar-refractivity contribution in [2.75, 3.05) is 26.2 Å². The monoisotopic (exact) mass is 282 g/mol. The van der Waals surface area contributed by atoms with Gasteiger partial charge in [-0.2, -0.15) is 0 Å². The van der Waals surface area contributed by atoms with Crippen LogP contribution in [0.3, 0.4) is 0 Å². The van der Waals surface area contributed by atoms with Gasteiger partial charge in [0.15, 0.2) is 0 Å². The second-order valence-corrected chi connectivity index (χ2v) is 5.05. The molecule has 1 N–H and O–H groups in total. The number of hydrogen-bond acceptors (Lipinski definition) is 5. The van der Waals surface area contributed by atoms with E-state index in [1.54, 1.807) is 6.92 Å². The van der Waals surface area contributed by atoms with E-state index in [-0.39, 0.29) is 11.8 Å². The Morgan fingerprint density at radius 2 is 2.10 bits per heavy atom. The number of aryl methyl sites for hydroxylation is 1. The molecule has 1 unspecified atom stereocenters. The highest BCUT2D eigenvalue weighted by atomic mass is 16.4. The van der Waals surface area contributed by atoms with Gasteiger partial charge in [0, 0.05) is 32.4 Å². The van der Waals surface area contributed by atoms with E-state index in [9.17, 15) is 4.79 Å². The van der Waals surface area contributed by atoms with Crippen molar-refractivity contribution in [1.82, 2.24) is 20.4 Å². The summed E-state index contributed by atoms with van der Waals surface area (Å²) in [5, 5.41) is 10.7. The Kier molecular flexibility index (Phi) is 7.22. The zero-order valence-corrected chi connectivity index (χ0v) is 13.0. The van der Waals surface area contributed by atoms with Crippen LogP contribution in [-0.4, -0.2) is 47.2 Å². The Bertz CT molecular complexity index is 406. The molecule has 1 rings (SSSR count). The van der Waals surface area contributed by atoms with Crippen LogP contribution < -0.4 is 5.32 Å². The molecule has 0 radical (unpaired) electrons. The molecule has 0 aliphatic rings. The number of nitrogens with zero attached hydrogens (tertiary/aromatic N) is 3. The molecule has 0 bridgehead atoms. The molecule has 0 saturated carbocycles. The molecule has 6 nitrogen and oxygen atoms in total. The molecule has 0 spiro atoms. The van der Waals surface area contributed by atoms with E-state index in [2.05, 4.69) is 34.3 Å². The molecule has 1 aromatic rings. The Balaban J connectivity index is 2.26. The summed E-state index contributed by atoms with van der Waals surface area (Å²) in [4.78, 5) is 14.2. The molecule has 0 aromatic carbocycles. The van der Waals surface area contributed by atoms with E-state index in [1.807, 2.05) is 6.92 Å². The molecule has 6 heteroatoms. The van der Waals surface area contributed by atoms with Gasteiger partial charge >= 0.3 is 0 Å². The van der Waals surface area contributed by atoms with Crippen LogP contribution in [0.15, 0.2) is 4.42 Å². The third-order valence-electron chi connectivity index (χ3n) is 3.19. The third-order valence-corrected chi connectivity index (χ3v) is 3.19. The van der Waals surface area contributed by atoms with Gasteiger partial charge in [-0.3, -0.25) is 4.79 Å². The molecule has 1 heterocycles. The zero-order valence-electron chi connectivity index (χ0n) is 13.0. The van der Waals surface area contributed by atoms with E-state index >= 15 is 0 Å². The Morgan fingerprint density at radius 3 is 2.65 bits per heavy atom. The fourth-order valence-corrected chi connectivity index (χ4v) is 2.05. The predicted molar refractivity (Wildman–Crippen MR) is 77.5 cm³/mol. The number of amides is 1. The van der Waals surface area contributed by atoms with Gasteiger partial charge in [-0.05, 0) is 19.5 Å². The van der Waals surface area contributed by atoms with Crippen LogP contribution in [0, 0.1) is 6.92 Å². The summed E-state index contributed by atoms with van der Waals surface area (Å²) in [6.45, 7) is 11.6. The highest BCUT2D eigenvalue weighted by Crippen LogP contribution is 2.16. The molecule has 20 heavy (non-hydrogen) atoms. The second-order valence-electron chi connectivity index (χ2n) is 5.05. The highest BCUT2D eigenvalue weighted by Gasteiger charge is 2.16. The number of carbonyl (C=O) groups is 1. The van der Waals surface area contributed by atoms with E-state index in [0.717, 1.165) is 26.1 Å². The number of likely N-dealkylation sites (N-methyl/N-ethyl adjacent to an activating group) is 1. The minimum atomic E-state index is -0.0471. The minimum absolute atomic E-state index is 0.0286. The van der Waals surface area contributed by atoms with Gasteiger partial charge in [-0.25, -0.2) is 0 Å². The Hall–Kier alpha value is -1.43. The summed E-state index contributed by atoms with van der Waals surface area (Å²) in [6, 6.07) is 0. The first-order chi connectivity index (χ1) is 9.56. The molecule has 0 fully saturated rings. The van der Waals surface area contributed by atoms with E-state index in [4.69, 9.17) is 4.42 Å². The smallest absolute Gasteiger partial charge is 0.220 e. The van der Waals surface area contributed by atoms with Crippen molar-refractivity contribution in [3.8, 4) is 0 Å². The van der Waals surface area contributed by atoms with Crippen LogP contribution >= 0.6 is 0 Å². The van der Waals surface area contributed by atoms with Crippen molar-refractivity contribution in [1.29, 1.82) is 0 Å². The van der Waals surface area contributed by atoms with Crippen molar-refractivity contribution in [3.63, 3.8) is 0 Å². The summed E-state index contributed by atoms with van der Waals surface area (Å²) in [7, 11) is 0. The van der Waals surface area contributed by atoms with Gasteiger partial charge in [-0.15, -0.1) is 10.2 Å². The van der Waals surface area contributed by atoms with Crippen LogP contribution in [0.1, 0.15) is 51.3 Å². The van der Waals surface area contributed by atoms with Gasteiger partial charge in [-0.1, -0.05) is 20.8 Å². The summed E-state index contributed by atoms with van der Waals surface area (Å²) >= 11 is 0. The Labute approximate surface area is 120 Å². The first-order valence-electron chi connectivity index (χ1n) is 7.35. The number of aromatic nitrogens is 2. The van der Waals surface area contributed by atoms with Gasteiger partial charge < -0.3 is 14.6 Å². The molecular weight excluding hydrogens is 256 g/mol. The van der Waals surface area contributed by atoms with Crippen molar-refractivity contribution in [2.24, 2.45) is 0 Å². The summed E-state index contributed by atoms with van der Waals surface area (Å²) < 4.78 is 5.33. The number of rotatable bonds is 9. The largest absolute Gasteiger partial charge is 0.425 e. The number of nitrogens with one attached hydrogen (secondary N) is 1. The molecule has 1 atom stereocenters.